The number of unbranched alkanes of at least 4 members (excludes halogenated alkanes) is 10. The molecule has 0 aromatic heterocycles. The molecule has 0 aliphatic carbocycles. The van der Waals surface area contributed by atoms with Gasteiger partial charge in [-0.3, -0.25) is 0 Å². The zero-order chi connectivity index (χ0) is 21.1. The van der Waals surface area contributed by atoms with Crippen molar-refractivity contribution < 1.29 is 9.47 Å². The van der Waals surface area contributed by atoms with E-state index >= 15 is 0 Å². The molecule has 0 rings (SSSR count). The summed E-state index contributed by atoms with van der Waals surface area (Å²) in [5.41, 5.74) is -0.274. The molecule has 0 aromatic rings. The largest absolute Gasteiger partial charge is 0.372 e. The lowest BCUT2D eigenvalue weighted by atomic mass is 9.74. The zero-order valence-electron chi connectivity index (χ0n) is 20.5. The van der Waals surface area contributed by atoms with Crippen molar-refractivity contribution in [2.75, 3.05) is 13.2 Å². The second-order valence-corrected chi connectivity index (χ2v) is 8.64. The van der Waals surface area contributed by atoms with Crippen molar-refractivity contribution >= 4 is 0 Å². The van der Waals surface area contributed by atoms with E-state index in [1.807, 2.05) is 0 Å². The van der Waals surface area contributed by atoms with E-state index in [9.17, 15) is 0 Å². The van der Waals surface area contributed by atoms with Crippen molar-refractivity contribution in [1.82, 2.24) is 0 Å². The third-order valence-electron chi connectivity index (χ3n) is 6.87. The Bertz CT molecular complexity index is 286. The maximum atomic E-state index is 6.67. The molecule has 0 amide bonds. The molecule has 0 N–H and O–H groups in total. The molecule has 0 fully saturated rings. The van der Waals surface area contributed by atoms with Gasteiger partial charge in [0.1, 0.15) is 0 Å². The average molecular weight is 399 g/mol. The first-order chi connectivity index (χ1) is 13.6. The van der Waals surface area contributed by atoms with Gasteiger partial charge in [0.15, 0.2) is 0 Å². The monoisotopic (exact) mass is 398 g/mol. The second-order valence-electron chi connectivity index (χ2n) is 8.64. The highest BCUT2D eigenvalue weighted by molar-refractivity contribution is 5.00. The van der Waals surface area contributed by atoms with Crippen molar-refractivity contribution in [1.29, 1.82) is 0 Å². The molecule has 0 radical (unpaired) electrons. The van der Waals surface area contributed by atoms with Crippen LogP contribution in [0, 0.1) is 0 Å². The van der Waals surface area contributed by atoms with E-state index in [4.69, 9.17) is 9.47 Å². The smallest absolute Gasteiger partial charge is 0.0965 e. The van der Waals surface area contributed by atoms with Gasteiger partial charge in [-0.15, -0.1) is 0 Å². The van der Waals surface area contributed by atoms with E-state index in [0.29, 0.717) is 0 Å². The van der Waals surface area contributed by atoms with Crippen molar-refractivity contribution in [2.24, 2.45) is 0 Å². The molecule has 0 saturated heterocycles. The Morgan fingerprint density at radius 3 is 0.964 bits per heavy atom. The highest BCUT2D eigenvalue weighted by Gasteiger charge is 2.48. The molecule has 0 spiro atoms. The van der Waals surface area contributed by atoms with Crippen LogP contribution in [0.1, 0.15) is 144 Å². The van der Waals surface area contributed by atoms with Gasteiger partial charge in [0.05, 0.1) is 11.2 Å². The quantitative estimate of drug-likeness (QED) is 0.180. The highest BCUT2D eigenvalue weighted by atomic mass is 16.6. The Morgan fingerprint density at radius 1 is 0.393 bits per heavy atom. The van der Waals surface area contributed by atoms with Gasteiger partial charge in [0.2, 0.25) is 0 Å². The SMILES string of the molecule is CCCCCCCCOC(CC)(CC)C(CC)(CC)OCCCCCCCC. The topological polar surface area (TPSA) is 18.5 Å². The van der Waals surface area contributed by atoms with Crippen LogP contribution in [-0.2, 0) is 9.47 Å². The molecule has 0 atom stereocenters. The first kappa shape index (κ1) is 27.9. The predicted octanol–water partition coefficient (Wildman–Crippen LogP) is 8.86. The second kappa shape index (κ2) is 17.8. The van der Waals surface area contributed by atoms with Crippen molar-refractivity contribution in [3.05, 3.63) is 0 Å². The first-order valence-electron chi connectivity index (χ1n) is 12.9. The van der Waals surface area contributed by atoms with Gasteiger partial charge >= 0.3 is 0 Å². The lowest BCUT2D eigenvalue weighted by Gasteiger charge is -2.49. The molecule has 0 bridgehead atoms. The van der Waals surface area contributed by atoms with Gasteiger partial charge in [0.25, 0.3) is 0 Å². The van der Waals surface area contributed by atoms with Crippen LogP contribution < -0.4 is 0 Å². The third-order valence-corrected chi connectivity index (χ3v) is 6.87. The van der Waals surface area contributed by atoms with Gasteiger partial charge in [-0.25, -0.2) is 0 Å². The van der Waals surface area contributed by atoms with Crippen LogP contribution in [0.3, 0.4) is 0 Å². The van der Waals surface area contributed by atoms with Crippen molar-refractivity contribution in [2.45, 2.75) is 155 Å². The lowest BCUT2D eigenvalue weighted by molar-refractivity contribution is -0.217. The molecule has 0 heterocycles. The Morgan fingerprint density at radius 2 is 0.679 bits per heavy atom. The average Bonchev–Trinajstić information content (AvgIpc) is 2.73. The Kier molecular flexibility index (Phi) is 17.7. The summed E-state index contributed by atoms with van der Waals surface area (Å²) in [6.07, 6.45) is 20.0. The molecule has 0 aromatic carbocycles. The maximum Gasteiger partial charge on any atom is 0.0965 e. The van der Waals surface area contributed by atoms with E-state index < -0.39 is 0 Å². The summed E-state index contributed by atoms with van der Waals surface area (Å²) in [5.74, 6) is 0. The predicted molar refractivity (Wildman–Crippen MR) is 125 cm³/mol. The summed E-state index contributed by atoms with van der Waals surface area (Å²) in [4.78, 5) is 0. The molecule has 0 aliphatic heterocycles. The standard InChI is InChI=1S/C26H54O2/c1-7-13-15-17-19-21-23-27-25(9-3,10-4)26(11-5,12-6)28-24-22-20-18-16-14-8-2/h7-24H2,1-6H3. The van der Waals surface area contributed by atoms with Crippen LogP contribution in [0.4, 0.5) is 0 Å². The minimum atomic E-state index is -0.137. The third kappa shape index (κ3) is 9.61. The summed E-state index contributed by atoms with van der Waals surface area (Å²) in [5, 5.41) is 0. The van der Waals surface area contributed by atoms with E-state index in [0.717, 1.165) is 38.9 Å². The van der Waals surface area contributed by atoms with Crippen LogP contribution in [0.15, 0.2) is 0 Å². The Labute approximate surface area is 178 Å². The summed E-state index contributed by atoms with van der Waals surface area (Å²) in [6, 6.07) is 0. The molecule has 28 heavy (non-hydrogen) atoms. The molecular weight excluding hydrogens is 344 g/mol. The normalized spacial score (nSPS) is 12.6. The van der Waals surface area contributed by atoms with Crippen LogP contribution in [0.2, 0.25) is 0 Å². The number of hydrogen-bond acceptors (Lipinski definition) is 2. The van der Waals surface area contributed by atoms with Crippen LogP contribution in [0.25, 0.3) is 0 Å². The Balaban J connectivity index is 4.62. The van der Waals surface area contributed by atoms with E-state index in [-0.39, 0.29) is 11.2 Å². The maximum absolute atomic E-state index is 6.67. The molecule has 0 aliphatic rings. The summed E-state index contributed by atoms with van der Waals surface area (Å²) < 4.78 is 13.3. The molecule has 2 heteroatoms. The van der Waals surface area contributed by atoms with Crippen LogP contribution in [0.5, 0.6) is 0 Å². The fourth-order valence-electron chi connectivity index (χ4n) is 4.76. The van der Waals surface area contributed by atoms with E-state index in [2.05, 4.69) is 41.5 Å². The van der Waals surface area contributed by atoms with Gasteiger partial charge in [0, 0.05) is 13.2 Å². The van der Waals surface area contributed by atoms with Gasteiger partial charge in [-0.2, -0.15) is 0 Å². The van der Waals surface area contributed by atoms with Gasteiger partial charge < -0.3 is 9.47 Å². The summed E-state index contributed by atoms with van der Waals surface area (Å²) in [7, 11) is 0. The molecule has 0 saturated carbocycles. The fraction of sp³-hybridized carbons (Fsp3) is 1.00. The number of rotatable bonds is 21. The highest BCUT2D eigenvalue weighted by Crippen LogP contribution is 2.41. The van der Waals surface area contributed by atoms with Crippen LogP contribution in [-0.4, -0.2) is 24.4 Å². The molecule has 0 unspecified atom stereocenters. The summed E-state index contributed by atoms with van der Waals surface area (Å²) in [6.45, 7) is 15.5. The molecule has 2 nitrogen and oxygen atoms in total. The van der Waals surface area contributed by atoms with Gasteiger partial charge in [-0.05, 0) is 38.5 Å². The van der Waals surface area contributed by atoms with E-state index in [1.165, 1.54) is 77.0 Å². The fourth-order valence-corrected chi connectivity index (χ4v) is 4.76. The molecular formula is C26H54O2. The Hall–Kier alpha value is -0.0800. The van der Waals surface area contributed by atoms with E-state index in [1.54, 1.807) is 0 Å². The van der Waals surface area contributed by atoms with Crippen molar-refractivity contribution in [3.8, 4) is 0 Å². The van der Waals surface area contributed by atoms with Gasteiger partial charge in [-0.1, -0.05) is 106 Å². The van der Waals surface area contributed by atoms with Crippen LogP contribution >= 0.6 is 0 Å². The summed E-state index contributed by atoms with van der Waals surface area (Å²) >= 11 is 0. The number of ether oxygens (including phenoxy) is 2. The van der Waals surface area contributed by atoms with Crippen molar-refractivity contribution in [3.63, 3.8) is 0 Å². The minimum absolute atomic E-state index is 0.137. The minimum Gasteiger partial charge on any atom is -0.372 e. The molecule has 170 valence electrons. The lowest BCUT2D eigenvalue weighted by Crippen LogP contribution is -2.56. The first-order valence-corrected chi connectivity index (χ1v) is 12.9. The zero-order valence-corrected chi connectivity index (χ0v) is 20.5. The number of hydrogen-bond donors (Lipinski definition) is 0.